The zero-order valence-electron chi connectivity index (χ0n) is 12.0. The summed E-state index contributed by atoms with van der Waals surface area (Å²) in [6.07, 6.45) is -0.266. The molecule has 0 spiro atoms. The average Bonchev–Trinajstić information content (AvgIpc) is 2.87. The summed E-state index contributed by atoms with van der Waals surface area (Å²) in [7, 11) is 2.10. The van der Waals surface area contributed by atoms with Crippen molar-refractivity contribution < 1.29 is 14.6 Å². The van der Waals surface area contributed by atoms with Crippen LogP contribution in [0.25, 0.3) is 0 Å². The third-order valence-electron chi connectivity index (χ3n) is 4.74. The molecule has 5 heteroatoms. The first kappa shape index (κ1) is 13.2. The molecule has 2 aliphatic heterocycles. The number of nitrogens with zero attached hydrogens (tertiary/aromatic N) is 1. The van der Waals surface area contributed by atoms with Crippen LogP contribution in [-0.2, 0) is 10.2 Å². The molecule has 2 N–H and O–H groups in total. The van der Waals surface area contributed by atoms with Crippen LogP contribution >= 0.6 is 0 Å². The highest BCUT2D eigenvalue weighted by atomic mass is 16.7. The van der Waals surface area contributed by atoms with Gasteiger partial charge in [-0.25, -0.2) is 4.79 Å². The lowest BCUT2D eigenvalue weighted by molar-refractivity contribution is 0.0587. The van der Waals surface area contributed by atoms with Crippen LogP contribution in [0.3, 0.4) is 0 Å². The number of ether oxygens (including phenoxy) is 1. The summed E-state index contributed by atoms with van der Waals surface area (Å²) in [5.74, 6) is 0. The van der Waals surface area contributed by atoms with Crippen LogP contribution in [0.2, 0.25) is 0 Å². The molecule has 1 saturated heterocycles. The molecule has 3 atom stereocenters. The second-order valence-electron chi connectivity index (χ2n) is 5.94. The van der Waals surface area contributed by atoms with E-state index in [4.69, 9.17) is 9.84 Å². The first-order valence-corrected chi connectivity index (χ1v) is 6.94. The van der Waals surface area contributed by atoms with Crippen molar-refractivity contribution in [1.29, 1.82) is 0 Å². The number of carbonyl (C=O) groups is 1. The molecule has 2 aliphatic rings. The van der Waals surface area contributed by atoms with E-state index in [0.29, 0.717) is 6.17 Å². The second-order valence-corrected chi connectivity index (χ2v) is 5.94. The Labute approximate surface area is 118 Å². The number of benzene rings is 1. The van der Waals surface area contributed by atoms with Crippen LogP contribution in [0, 0.1) is 0 Å². The Bertz CT molecular complexity index is 560. The minimum absolute atomic E-state index is 0.0863. The fourth-order valence-electron chi connectivity index (χ4n) is 3.61. The maximum absolute atomic E-state index is 10.7. The third kappa shape index (κ3) is 1.77. The van der Waals surface area contributed by atoms with Crippen molar-refractivity contribution in [1.82, 2.24) is 5.32 Å². The van der Waals surface area contributed by atoms with Gasteiger partial charge in [0.15, 0.2) is 0 Å². The fourth-order valence-corrected chi connectivity index (χ4v) is 3.61. The van der Waals surface area contributed by atoms with Crippen LogP contribution in [0.15, 0.2) is 18.2 Å². The number of likely N-dealkylation sites (N-methyl/N-ethyl adjacent to an activating group) is 1. The molecule has 0 aromatic heterocycles. The van der Waals surface area contributed by atoms with Crippen molar-refractivity contribution in [2.75, 3.05) is 18.5 Å². The Kier molecular flexibility index (Phi) is 2.90. The molecule has 1 fully saturated rings. The molecular formula is C15H20N2O3. The highest BCUT2D eigenvalue weighted by molar-refractivity contribution is 5.65. The molecule has 0 saturated carbocycles. The smallest absolute Gasteiger partial charge is 0.450 e. The summed E-state index contributed by atoms with van der Waals surface area (Å²) < 4.78 is 4.85. The molecule has 1 unspecified atom stereocenters. The highest BCUT2D eigenvalue weighted by Crippen LogP contribution is 2.48. The maximum Gasteiger partial charge on any atom is 0.506 e. The van der Waals surface area contributed by atoms with E-state index in [0.717, 1.165) is 18.5 Å². The molecule has 0 amide bonds. The lowest BCUT2D eigenvalue weighted by Gasteiger charge is -2.27. The van der Waals surface area contributed by atoms with Gasteiger partial charge in [0.1, 0.15) is 6.10 Å². The number of carboxylic acid groups (broad SMARTS) is 1. The van der Waals surface area contributed by atoms with Gasteiger partial charge < -0.3 is 14.7 Å². The Morgan fingerprint density at radius 3 is 3.05 bits per heavy atom. The van der Waals surface area contributed by atoms with Gasteiger partial charge in [-0.3, -0.25) is 5.32 Å². The molecule has 108 valence electrons. The normalized spacial score (nSPS) is 28.9. The number of rotatable bonds is 2. The predicted octanol–water partition coefficient (Wildman–Crippen LogP) is 2.47. The summed E-state index contributed by atoms with van der Waals surface area (Å²) in [6, 6.07) is 6.12. The minimum Gasteiger partial charge on any atom is -0.450 e. The minimum atomic E-state index is -1.23. The van der Waals surface area contributed by atoms with Crippen molar-refractivity contribution in [2.24, 2.45) is 0 Å². The Morgan fingerprint density at radius 2 is 2.35 bits per heavy atom. The molecule has 3 rings (SSSR count). The van der Waals surface area contributed by atoms with Gasteiger partial charge in [0, 0.05) is 18.2 Å². The first-order chi connectivity index (χ1) is 9.43. The van der Waals surface area contributed by atoms with Crippen molar-refractivity contribution in [3.05, 3.63) is 29.3 Å². The number of nitrogens with one attached hydrogen (secondary N) is 1. The molecule has 1 aromatic rings. The second kappa shape index (κ2) is 4.38. The largest absolute Gasteiger partial charge is 0.506 e. The van der Waals surface area contributed by atoms with Crippen molar-refractivity contribution in [2.45, 2.75) is 38.0 Å². The summed E-state index contributed by atoms with van der Waals surface area (Å²) in [6.45, 7) is 5.05. The van der Waals surface area contributed by atoms with E-state index in [2.05, 4.69) is 36.3 Å². The number of fused-ring (bicyclic) bond motifs is 3. The van der Waals surface area contributed by atoms with E-state index in [1.807, 2.05) is 6.07 Å². The van der Waals surface area contributed by atoms with E-state index >= 15 is 0 Å². The fraction of sp³-hybridized carbons (Fsp3) is 0.533. The van der Waals surface area contributed by atoms with Crippen LogP contribution < -0.4 is 10.2 Å². The van der Waals surface area contributed by atoms with Crippen LogP contribution in [0.4, 0.5) is 10.5 Å². The van der Waals surface area contributed by atoms with Gasteiger partial charge in [-0.05, 0) is 43.1 Å². The van der Waals surface area contributed by atoms with E-state index < -0.39 is 12.3 Å². The summed E-state index contributed by atoms with van der Waals surface area (Å²) in [5, 5.41) is 12.3. The molecule has 5 nitrogen and oxygen atoms in total. The average molecular weight is 276 g/mol. The Hall–Kier alpha value is -1.75. The van der Waals surface area contributed by atoms with Gasteiger partial charge in [0.25, 0.3) is 0 Å². The van der Waals surface area contributed by atoms with Gasteiger partial charge in [-0.1, -0.05) is 13.0 Å². The van der Waals surface area contributed by atoms with E-state index in [-0.39, 0.29) is 5.41 Å². The number of hydrogen-bond acceptors (Lipinski definition) is 4. The number of hydrogen-bond donors (Lipinski definition) is 2. The highest BCUT2D eigenvalue weighted by Gasteiger charge is 2.49. The summed E-state index contributed by atoms with van der Waals surface area (Å²) >= 11 is 0. The third-order valence-corrected chi connectivity index (χ3v) is 4.74. The Balaban J connectivity index is 1.99. The quantitative estimate of drug-likeness (QED) is 0.813. The lowest BCUT2D eigenvalue weighted by Crippen LogP contribution is -2.44. The Morgan fingerprint density at radius 1 is 1.60 bits per heavy atom. The topological polar surface area (TPSA) is 61.8 Å². The summed E-state index contributed by atoms with van der Waals surface area (Å²) in [5.41, 5.74) is 3.50. The standard InChI is InChI=1S/C15H20N2O3/c1-9(20-14(18)19)10-4-5-12-11(8-10)15(2)6-7-16-13(15)17(12)3/h4-5,8-9,13,16H,6-7H2,1-3H3,(H,18,19)/t9?,13-,15-/m0/s1. The van der Waals surface area contributed by atoms with Gasteiger partial charge in [-0.2, -0.15) is 0 Å². The SMILES string of the molecule is CC(OC(=O)O)c1ccc2c(c1)[C@]1(C)CCN[C@H]1N2C. The van der Waals surface area contributed by atoms with Gasteiger partial charge in [0.05, 0.1) is 6.17 Å². The molecule has 1 aromatic carbocycles. The molecule has 20 heavy (non-hydrogen) atoms. The van der Waals surface area contributed by atoms with Gasteiger partial charge in [-0.15, -0.1) is 0 Å². The zero-order valence-corrected chi connectivity index (χ0v) is 12.0. The van der Waals surface area contributed by atoms with Gasteiger partial charge in [0.2, 0.25) is 0 Å². The molecule has 0 radical (unpaired) electrons. The van der Waals surface area contributed by atoms with Crippen LogP contribution in [0.5, 0.6) is 0 Å². The monoisotopic (exact) mass is 276 g/mol. The van der Waals surface area contributed by atoms with Crippen molar-refractivity contribution in [3.63, 3.8) is 0 Å². The molecule has 0 aliphatic carbocycles. The van der Waals surface area contributed by atoms with Crippen molar-refractivity contribution in [3.8, 4) is 0 Å². The van der Waals surface area contributed by atoms with Gasteiger partial charge >= 0.3 is 6.16 Å². The molecule has 2 heterocycles. The van der Waals surface area contributed by atoms with Crippen molar-refractivity contribution >= 4 is 11.8 Å². The molecular weight excluding hydrogens is 256 g/mol. The van der Waals surface area contributed by atoms with E-state index in [1.165, 1.54) is 11.3 Å². The predicted molar refractivity (Wildman–Crippen MR) is 76.1 cm³/mol. The maximum atomic E-state index is 10.7. The lowest BCUT2D eigenvalue weighted by atomic mass is 9.80. The van der Waals surface area contributed by atoms with E-state index in [9.17, 15) is 4.79 Å². The summed E-state index contributed by atoms with van der Waals surface area (Å²) in [4.78, 5) is 12.9. The zero-order chi connectivity index (χ0) is 14.5. The van der Waals surface area contributed by atoms with Crippen LogP contribution in [-0.4, -0.2) is 31.0 Å². The first-order valence-electron chi connectivity index (χ1n) is 6.94. The van der Waals surface area contributed by atoms with Crippen LogP contribution in [0.1, 0.15) is 37.5 Å². The number of anilines is 1. The van der Waals surface area contributed by atoms with E-state index in [1.54, 1.807) is 6.92 Å². The molecule has 0 bridgehead atoms.